The maximum atomic E-state index is 5.65. The van der Waals surface area contributed by atoms with E-state index < -0.39 is 0 Å². The number of pyridine rings is 1. The van der Waals surface area contributed by atoms with Crippen LogP contribution in [0.4, 0.5) is 0 Å². The van der Waals surface area contributed by atoms with E-state index >= 15 is 0 Å². The largest absolute Gasteiger partial charge is 0.236 e. The fourth-order valence-electron chi connectivity index (χ4n) is 0.674. The third-order valence-electron chi connectivity index (χ3n) is 1.24. The van der Waals surface area contributed by atoms with Crippen LogP contribution in [-0.4, -0.2) is 10.9 Å². The van der Waals surface area contributed by atoms with Gasteiger partial charge in [-0.3, -0.25) is 0 Å². The van der Waals surface area contributed by atoms with Crippen molar-refractivity contribution in [2.45, 2.75) is 0 Å². The molecule has 0 saturated heterocycles. The molecule has 1 aromatic rings. The molecule has 1 nitrogen and oxygen atoms in total. The maximum absolute atomic E-state index is 5.65. The quantitative estimate of drug-likeness (QED) is 0.513. The van der Waals surface area contributed by atoms with E-state index in [2.05, 4.69) is 11.6 Å². The molecule has 0 aliphatic rings. The van der Waals surface area contributed by atoms with Gasteiger partial charge in [-0.05, 0) is 17.7 Å². The molecule has 1 heterocycles. The minimum atomic E-state index is 0.382. The van der Waals surface area contributed by atoms with Crippen LogP contribution in [0.15, 0.2) is 24.8 Å². The SMILES string of the molecule is C=C(CCl)c1cccc(Cl)n1. The van der Waals surface area contributed by atoms with E-state index in [4.69, 9.17) is 23.2 Å². The van der Waals surface area contributed by atoms with Gasteiger partial charge in [0.1, 0.15) is 5.15 Å². The molecule has 0 spiro atoms. The molecule has 0 aliphatic carbocycles. The molecule has 0 aromatic carbocycles. The summed E-state index contributed by atoms with van der Waals surface area (Å²) in [6.45, 7) is 3.73. The Morgan fingerprint density at radius 1 is 1.55 bits per heavy atom. The lowest BCUT2D eigenvalue weighted by Gasteiger charge is -1.99. The standard InChI is InChI=1S/C8H7Cl2N/c1-6(5-9)7-3-2-4-8(10)11-7/h2-4H,1,5H2. The fourth-order valence-corrected chi connectivity index (χ4v) is 0.974. The number of hydrogen-bond donors (Lipinski definition) is 0. The Balaban J connectivity index is 2.96. The number of halogens is 2. The van der Waals surface area contributed by atoms with Crippen molar-refractivity contribution in [2.24, 2.45) is 0 Å². The molecule has 0 radical (unpaired) electrons. The predicted molar refractivity (Wildman–Crippen MR) is 49.0 cm³/mol. The third kappa shape index (κ3) is 2.21. The zero-order chi connectivity index (χ0) is 8.27. The number of nitrogens with zero attached hydrogens (tertiary/aromatic N) is 1. The van der Waals surface area contributed by atoms with Crippen LogP contribution < -0.4 is 0 Å². The second-order valence-electron chi connectivity index (χ2n) is 2.08. The average molecular weight is 188 g/mol. The lowest BCUT2D eigenvalue weighted by Crippen LogP contribution is -1.88. The van der Waals surface area contributed by atoms with E-state index in [0.717, 1.165) is 11.3 Å². The molecular weight excluding hydrogens is 181 g/mol. The highest BCUT2D eigenvalue weighted by atomic mass is 35.5. The Morgan fingerprint density at radius 3 is 2.82 bits per heavy atom. The minimum absolute atomic E-state index is 0.382. The van der Waals surface area contributed by atoms with Crippen molar-refractivity contribution in [2.75, 3.05) is 5.88 Å². The number of aromatic nitrogens is 1. The highest BCUT2D eigenvalue weighted by Gasteiger charge is 1.98. The van der Waals surface area contributed by atoms with E-state index in [-0.39, 0.29) is 0 Å². The Labute approximate surface area is 75.7 Å². The molecule has 0 atom stereocenters. The summed E-state index contributed by atoms with van der Waals surface area (Å²) in [5.74, 6) is 0.382. The first-order valence-electron chi connectivity index (χ1n) is 3.10. The second kappa shape index (κ2) is 3.74. The van der Waals surface area contributed by atoms with E-state index in [1.165, 1.54) is 0 Å². The van der Waals surface area contributed by atoms with Crippen LogP contribution in [0.2, 0.25) is 5.15 Å². The highest BCUT2D eigenvalue weighted by Crippen LogP contribution is 2.13. The van der Waals surface area contributed by atoms with Crippen LogP contribution in [0.5, 0.6) is 0 Å². The predicted octanol–water partition coefficient (Wildman–Crippen LogP) is 2.99. The summed E-state index contributed by atoms with van der Waals surface area (Å²) in [6, 6.07) is 5.37. The fraction of sp³-hybridized carbons (Fsp3) is 0.125. The third-order valence-corrected chi connectivity index (χ3v) is 1.77. The topological polar surface area (TPSA) is 12.9 Å². The van der Waals surface area contributed by atoms with E-state index in [1.807, 2.05) is 12.1 Å². The van der Waals surface area contributed by atoms with Crippen molar-refractivity contribution < 1.29 is 0 Å². The Morgan fingerprint density at radius 2 is 2.27 bits per heavy atom. The molecule has 1 rings (SSSR count). The van der Waals surface area contributed by atoms with Crippen LogP contribution in [0.1, 0.15) is 5.69 Å². The van der Waals surface area contributed by atoms with Crippen LogP contribution in [-0.2, 0) is 0 Å². The zero-order valence-corrected chi connectivity index (χ0v) is 7.36. The molecule has 11 heavy (non-hydrogen) atoms. The van der Waals surface area contributed by atoms with Crippen LogP contribution >= 0.6 is 23.2 Å². The van der Waals surface area contributed by atoms with Crippen molar-refractivity contribution in [1.29, 1.82) is 0 Å². The Kier molecular flexibility index (Phi) is 2.92. The second-order valence-corrected chi connectivity index (χ2v) is 2.74. The van der Waals surface area contributed by atoms with Gasteiger partial charge in [-0.1, -0.05) is 24.2 Å². The molecule has 0 unspecified atom stereocenters. The van der Waals surface area contributed by atoms with Gasteiger partial charge in [0.15, 0.2) is 0 Å². The minimum Gasteiger partial charge on any atom is -0.236 e. The number of hydrogen-bond acceptors (Lipinski definition) is 1. The van der Waals surface area contributed by atoms with Gasteiger partial charge in [0.2, 0.25) is 0 Å². The van der Waals surface area contributed by atoms with Gasteiger partial charge in [-0.25, -0.2) is 4.98 Å². The number of alkyl halides is 1. The molecule has 0 bridgehead atoms. The summed E-state index contributed by atoms with van der Waals surface area (Å²) in [5, 5.41) is 0.466. The van der Waals surface area contributed by atoms with Crippen LogP contribution in [0.3, 0.4) is 0 Å². The molecule has 0 aliphatic heterocycles. The summed E-state index contributed by atoms with van der Waals surface area (Å²) in [4.78, 5) is 4.03. The first-order valence-corrected chi connectivity index (χ1v) is 4.02. The Bertz CT molecular complexity index is 271. The summed E-state index contributed by atoms with van der Waals surface area (Å²) in [7, 11) is 0. The smallest absolute Gasteiger partial charge is 0.129 e. The first kappa shape index (κ1) is 8.57. The summed E-state index contributed by atoms with van der Waals surface area (Å²) >= 11 is 11.2. The van der Waals surface area contributed by atoms with Crippen molar-refractivity contribution in [3.63, 3.8) is 0 Å². The Hall–Kier alpha value is -0.530. The van der Waals surface area contributed by atoms with Crippen molar-refractivity contribution >= 4 is 28.8 Å². The van der Waals surface area contributed by atoms with Crippen molar-refractivity contribution in [1.82, 2.24) is 4.98 Å². The molecule has 0 saturated carbocycles. The van der Waals surface area contributed by atoms with Gasteiger partial charge in [0.25, 0.3) is 0 Å². The van der Waals surface area contributed by atoms with Gasteiger partial charge >= 0.3 is 0 Å². The van der Waals surface area contributed by atoms with Crippen molar-refractivity contribution in [3.05, 3.63) is 35.6 Å². The highest BCUT2D eigenvalue weighted by molar-refractivity contribution is 6.29. The van der Waals surface area contributed by atoms with Gasteiger partial charge in [-0.2, -0.15) is 0 Å². The zero-order valence-electron chi connectivity index (χ0n) is 5.85. The molecule has 0 amide bonds. The van der Waals surface area contributed by atoms with E-state index in [0.29, 0.717) is 11.0 Å². The summed E-state index contributed by atoms with van der Waals surface area (Å²) in [6.07, 6.45) is 0. The summed E-state index contributed by atoms with van der Waals surface area (Å²) < 4.78 is 0. The van der Waals surface area contributed by atoms with Gasteiger partial charge < -0.3 is 0 Å². The lowest BCUT2D eigenvalue weighted by atomic mass is 10.2. The van der Waals surface area contributed by atoms with Crippen LogP contribution in [0.25, 0.3) is 5.57 Å². The number of allylic oxidation sites excluding steroid dienone is 1. The molecule has 1 aromatic heterocycles. The first-order chi connectivity index (χ1) is 5.24. The van der Waals surface area contributed by atoms with E-state index in [9.17, 15) is 0 Å². The normalized spacial score (nSPS) is 9.64. The van der Waals surface area contributed by atoms with Crippen LogP contribution in [0, 0.1) is 0 Å². The molecule has 0 fully saturated rings. The van der Waals surface area contributed by atoms with Gasteiger partial charge in [0.05, 0.1) is 5.69 Å². The summed E-state index contributed by atoms with van der Waals surface area (Å²) in [5.41, 5.74) is 1.54. The molecule has 0 N–H and O–H groups in total. The monoisotopic (exact) mass is 187 g/mol. The van der Waals surface area contributed by atoms with E-state index in [1.54, 1.807) is 6.07 Å². The van der Waals surface area contributed by atoms with Gasteiger partial charge in [0, 0.05) is 5.88 Å². The molecule has 58 valence electrons. The average Bonchev–Trinajstić information content (AvgIpc) is 2.03. The maximum Gasteiger partial charge on any atom is 0.129 e. The number of rotatable bonds is 2. The van der Waals surface area contributed by atoms with Gasteiger partial charge in [-0.15, -0.1) is 11.6 Å². The van der Waals surface area contributed by atoms with Crippen molar-refractivity contribution in [3.8, 4) is 0 Å². The molecule has 3 heteroatoms. The molecular formula is C8H7Cl2N. The lowest BCUT2D eigenvalue weighted by molar-refractivity contribution is 1.27.